The molecule has 0 aliphatic rings. The lowest BCUT2D eigenvalue weighted by Crippen LogP contribution is -2.30. The minimum atomic E-state index is -0.767. The van der Waals surface area contributed by atoms with Crippen molar-refractivity contribution in [3.8, 4) is 0 Å². The molecule has 0 saturated carbocycles. The number of carbonyl (C=O) groups excluding carboxylic acids is 3. The summed E-state index contributed by atoms with van der Waals surface area (Å²) in [5.74, 6) is -0.859. The summed E-state index contributed by atoms with van der Waals surface area (Å²) in [4.78, 5) is 38.0. The number of unbranched alkanes of at least 4 members (excludes halogenated alkanes) is 37. The SMILES string of the molecule is CCCC/C=C\CCCCCCCC(=O)O[C@@H](COC(=O)CCCCCCCCCCCCCCC)COC(=O)CCCCCCCCCCCCCCCCCCCCC. The molecule has 0 bridgehead atoms. The van der Waals surface area contributed by atoms with Crippen molar-refractivity contribution >= 4 is 17.9 Å². The molecule has 61 heavy (non-hydrogen) atoms. The van der Waals surface area contributed by atoms with Crippen LogP contribution in [0.2, 0.25) is 0 Å². The van der Waals surface area contributed by atoms with Crippen molar-refractivity contribution in [3.05, 3.63) is 12.2 Å². The molecule has 0 heterocycles. The van der Waals surface area contributed by atoms with Gasteiger partial charge in [0.05, 0.1) is 0 Å². The molecule has 360 valence electrons. The molecule has 0 amide bonds. The number of ether oxygens (including phenoxy) is 3. The summed E-state index contributed by atoms with van der Waals surface area (Å²) in [6, 6.07) is 0. The zero-order valence-corrected chi connectivity index (χ0v) is 41.2. The van der Waals surface area contributed by atoms with E-state index in [-0.39, 0.29) is 31.1 Å². The van der Waals surface area contributed by atoms with Crippen molar-refractivity contribution in [1.82, 2.24) is 0 Å². The highest BCUT2D eigenvalue weighted by Crippen LogP contribution is 2.17. The van der Waals surface area contributed by atoms with E-state index in [0.29, 0.717) is 19.3 Å². The molecule has 0 rings (SSSR count). The van der Waals surface area contributed by atoms with Crippen molar-refractivity contribution in [2.24, 2.45) is 0 Å². The van der Waals surface area contributed by atoms with Crippen LogP contribution in [0.25, 0.3) is 0 Å². The first kappa shape index (κ1) is 59.1. The second kappa shape index (κ2) is 50.8. The van der Waals surface area contributed by atoms with E-state index in [9.17, 15) is 14.4 Å². The third-order valence-corrected chi connectivity index (χ3v) is 12.3. The van der Waals surface area contributed by atoms with Crippen molar-refractivity contribution in [3.63, 3.8) is 0 Å². The van der Waals surface area contributed by atoms with Crippen LogP contribution in [0, 0.1) is 0 Å². The molecule has 0 N–H and O–H groups in total. The summed E-state index contributed by atoms with van der Waals surface area (Å²) in [6.07, 6.45) is 56.3. The number of esters is 3. The van der Waals surface area contributed by atoms with Gasteiger partial charge in [0.25, 0.3) is 0 Å². The maximum atomic E-state index is 12.8. The molecule has 6 nitrogen and oxygen atoms in total. The van der Waals surface area contributed by atoms with E-state index in [0.717, 1.165) is 64.2 Å². The Morgan fingerprint density at radius 2 is 0.557 bits per heavy atom. The van der Waals surface area contributed by atoms with E-state index in [1.165, 1.54) is 199 Å². The van der Waals surface area contributed by atoms with Gasteiger partial charge in [-0.25, -0.2) is 0 Å². The first-order chi connectivity index (χ1) is 30.0. The van der Waals surface area contributed by atoms with E-state index in [2.05, 4.69) is 32.9 Å². The van der Waals surface area contributed by atoms with Gasteiger partial charge in [0, 0.05) is 19.3 Å². The molecule has 0 aliphatic carbocycles. The van der Waals surface area contributed by atoms with Crippen molar-refractivity contribution < 1.29 is 28.6 Å². The molecule has 0 unspecified atom stereocenters. The zero-order chi connectivity index (χ0) is 44.4. The number of hydrogen-bond donors (Lipinski definition) is 0. The van der Waals surface area contributed by atoms with Crippen LogP contribution in [0.1, 0.15) is 303 Å². The van der Waals surface area contributed by atoms with Crippen LogP contribution in [0.5, 0.6) is 0 Å². The highest BCUT2D eigenvalue weighted by molar-refractivity contribution is 5.71. The summed E-state index contributed by atoms with van der Waals surface area (Å²) >= 11 is 0. The van der Waals surface area contributed by atoms with E-state index in [4.69, 9.17) is 14.2 Å². The third kappa shape index (κ3) is 49.0. The summed E-state index contributed by atoms with van der Waals surface area (Å²) in [5, 5.41) is 0. The topological polar surface area (TPSA) is 78.9 Å². The number of allylic oxidation sites excluding steroid dienone is 2. The van der Waals surface area contributed by atoms with Crippen molar-refractivity contribution in [1.29, 1.82) is 0 Å². The van der Waals surface area contributed by atoms with E-state index >= 15 is 0 Å². The lowest BCUT2D eigenvalue weighted by atomic mass is 10.0. The third-order valence-electron chi connectivity index (χ3n) is 12.3. The molecule has 0 fully saturated rings. The van der Waals surface area contributed by atoms with Gasteiger partial charge in [-0.3, -0.25) is 14.4 Å². The standard InChI is InChI=1S/C55H104O6/c1-4-7-10-13-16-19-22-24-25-26-27-28-29-31-34-36-39-42-45-48-54(57)60-51-52(61-55(58)49-46-43-40-37-32-21-18-15-12-9-6-3)50-59-53(56)47-44-41-38-35-33-30-23-20-17-14-11-8-5-2/h15,18,52H,4-14,16-17,19-51H2,1-3H3/b18-15-/t52-/m0/s1. The Bertz CT molecular complexity index is 947. The molecule has 0 saturated heterocycles. The fourth-order valence-corrected chi connectivity index (χ4v) is 8.13. The van der Waals surface area contributed by atoms with E-state index in [1.54, 1.807) is 0 Å². The van der Waals surface area contributed by atoms with Crippen LogP contribution in [0.3, 0.4) is 0 Å². The fraction of sp³-hybridized carbons (Fsp3) is 0.909. The predicted molar refractivity (Wildman–Crippen MR) is 261 cm³/mol. The number of hydrogen-bond acceptors (Lipinski definition) is 6. The maximum Gasteiger partial charge on any atom is 0.306 e. The number of rotatable bonds is 50. The average molecular weight is 861 g/mol. The zero-order valence-electron chi connectivity index (χ0n) is 41.2. The van der Waals surface area contributed by atoms with Gasteiger partial charge in [0.15, 0.2) is 6.10 Å². The van der Waals surface area contributed by atoms with Gasteiger partial charge in [-0.15, -0.1) is 0 Å². The fourth-order valence-electron chi connectivity index (χ4n) is 8.13. The quantitative estimate of drug-likeness (QED) is 0.0262. The van der Waals surface area contributed by atoms with Gasteiger partial charge in [-0.1, -0.05) is 258 Å². The largest absolute Gasteiger partial charge is 0.462 e. The first-order valence-corrected chi connectivity index (χ1v) is 27.2. The average Bonchev–Trinajstić information content (AvgIpc) is 3.26. The second-order valence-electron chi connectivity index (χ2n) is 18.5. The van der Waals surface area contributed by atoms with Gasteiger partial charge in [-0.2, -0.15) is 0 Å². The molecular weight excluding hydrogens is 757 g/mol. The minimum Gasteiger partial charge on any atom is -0.462 e. The highest BCUT2D eigenvalue weighted by Gasteiger charge is 2.19. The smallest absolute Gasteiger partial charge is 0.306 e. The summed E-state index contributed by atoms with van der Waals surface area (Å²) in [6.45, 7) is 6.64. The summed E-state index contributed by atoms with van der Waals surface area (Å²) in [7, 11) is 0. The number of carbonyl (C=O) groups is 3. The van der Waals surface area contributed by atoms with Crippen LogP contribution >= 0.6 is 0 Å². The molecule has 0 radical (unpaired) electrons. The van der Waals surface area contributed by atoms with Crippen molar-refractivity contribution in [2.75, 3.05) is 13.2 Å². The molecule has 0 aromatic heterocycles. The predicted octanol–water partition coefficient (Wildman–Crippen LogP) is 17.8. The summed E-state index contributed by atoms with van der Waals surface area (Å²) in [5.41, 5.74) is 0. The maximum absolute atomic E-state index is 12.8. The Kier molecular flexibility index (Phi) is 49.3. The lowest BCUT2D eigenvalue weighted by Gasteiger charge is -2.18. The van der Waals surface area contributed by atoms with E-state index < -0.39 is 6.10 Å². The van der Waals surface area contributed by atoms with Crippen LogP contribution < -0.4 is 0 Å². The van der Waals surface area contributed by atoms with Crippen LogP contribution in [0.4, 0.5) is 0 Å². The first-order valence-electron chi connectivity index (χ1n) is 27.2. The van der Waals surface area contributed by atoms with Crippen molar-refractivity contribution in [2.45, 2.75) is 309 Å². The van der Waals surface area contributed by atoms with Crippen LogP contribution in [0.15, 0.2) is 12.2 Å². The molecule has 0 spiro atoms. The highest BCUT2D eigenvalue weighted by atomic mass is 16.6. The van der Waals surface area contributed by atoms with Gasteiger partial charge < -0.3 is 14.2 Å². The molecular formula is C55H104O6. The Labute approximate surface area is 380 Å². The van der Waals surface area contributed by atoms with Gasteiger partial charge >= 0.3 is 17.9 Å². The Hall–Kier alpha value is -1.85. The molecule has 6 heteroatoms. The second-order valence-corrected chi connectivity index (χ2v) is 18.5. The molecule has 0 aliphatic heterocycles. The molecule has 1 atom stereocenters. The Balaban J connectivity index is 4.24. The molecule has 0 aromatic rings. The Morgan fingerprint density at radius 1 is 0.311 bits per heavy atom. The Morgan fingerprint density at radius 3 is 0.869 bits per heavy atom. The minimum absolute atomic E-state index is 0.0680. The van der Waals surface area contributed by atoms with Crippen LogP contribution in [-0.2, 0) is 28.6 Å². The van der Waals surface area contributed by atoms with Gasteiger partial charge in [-0.05, 0) is 38.5 Å². The summed E-state index contributed by atoms with van der Waals surface area (Å²) < 4.78 is 16.8. The van der Waals surface area contributed by atoms with E-state index in [1.807, 2.05) is 0 Å². The monoisotopic (exact) mass is 861 g/mol. The normalized spacial score (nSPS) is 12.0. The van der Waals surface area contributed by atoms with Crippen LogP contribution in [-0.4, -0.2) is 37.2 Å². The lowest BCUT2D eigenvalue weighted by molar-refractivity contribution is -0.167. The molecule has 0 aromatic carbocycles. The van der Waals surface area contributed by atoms with Gasteiger partial charge in [0.2, 0.25) is 0 Å². The van der Waals surface area contributed by atoms with Gasteiger partial charge in [0.1, 0.15) is 13.2 Å².